The average molecular weight is 366 g/mol. The maximum Gasteiger partial charge on any atom is 0.246 e. The number of aliphatic hydroxyl groups is 1. The SMILES string of the molecule is NCc1cccc(C2CCN(C(=O)/C=C/c3ccc(CO)c(O)c3)CC2)c1. The molecule has 5 nitrogen and oxygen atoms in total. The van der Waals surface area contributed by atoms with E-state index in [4.69, 9.17) is 10.8 Å². The average Bonchev–Trinajstić information content (AvgIpc) is 2.72. The van der Waals surface area contributed by atoms with Gasteiger partial charge in [-0.15, -0.1) is 0 Å². The Kier molecular flexibility index (Phi) is 6.27. The van der Waals surface area contributed by atoms with Gasteiger partial charge in [-0.1, -0.05) is 36.4 Å². The zero-order valence-electron chi connectivity index (χ0n) is 15.3. The number of carbonyl (C=O) groups is 1. The van der Waals surface area contributed by atoms with Gasteiger partial charge in [0.25, 0.3) is 0 Å². The zero-order chi connectivity index (χ0) is 19.2. The van der Waals surface area contributed by atoms with Gasteiger partial charge < -0.3 is 20.8 Å². The van der Waals surface area contributed by atoms with Crippen molar-refractivity contribution in [1.82, 2.24) is 4.90 Å². The van der Waals surface area contributed by atoms with E-state index in [9.17, 15) is 9.90 Å². The van der Waals surface area contributed by atoms with E-state index in [1.807, 2.05) is 11.0 Å². The van der Waals surface area contributed by atoms with Crippen LogP contribution in [0.25, 0.3) is 6.08 Å². The number of benzene rings is 2. The summed E-state index contributed by atoms with van der Waals surface area (Å²) < 4.78 is 0. The number of amides is 1. The minimum Gasteiger partial charge on any atom is -0.508 e. The van der Waals surface area contributed by atoms with Crippen molar-refractivity contribution < 1.29 is 15.0 Å². The van der Waals surface area contributed by atoms with E-state index in [0.29, 0.717) is 18.0 Å². The van der Waals surface area contributed by atoms with Crippen molar-refractivity contribution in [3.8, 4) is 5.75 Å². The molecule has 1 aliphatic heterocycles. The molecule has 1 aliphatic rings. The molecule has 0 saturated carbocycles. The highest BCUT2D eigenvalue weighted by atomic mass is 16.3. The summed E-state index contributed by atoms with van der Waals surface area (Å²) >= 11 is 0. The minimum atomic E-state index is -0.210. The third-order valence-electron chi connectivity index (χ3n) is 5.16. The van der Waals surface area contributed by atoms with Crippen LogP contribution < -0.4 is 5.73 Å². The number of nitrogens with two attached hydrogens (primary N) is 1. The lowest BCUT2D eigenvalue weighted by Gasteiger charge is -2.31. The highest BCUT2D eigenvalue weighted by Crippen LogP contribution is 2.28. The van der Waals surface area contributed by atoms with Crippen LogP contribution in [0.3, 0.4) is 0 Å². The van der Waals surface area contributed by atoms with Gasteiger partial charge in [-0.05, 0) is 47.6 Å². The van der Waals surface area contributed by atoms with Crippen LogP contribution in [0.1, 0.15) is 41.0 Å². The Morgan fingerprint density at radius 3 is 2.63 bits per heavy atom. The second kappa shape index (κ2) is 8.84. The Labute approximate surface area is 159 Å². The molecule has 0 radical (unpaired) electrons. The molecular weight excluding hydrogens is 340 g/mol. The first kappa shape index (κ1) is 19.1. The van der Waals surface area contributed by atoms with Crippen molar-refractivity contribution in [2.24, 2.45) is 5.73 Å². The van der Waals surface area contributed by atoms with Crippen molar-refractivity contribution in [2.45, 2.75) is 31.9 Å². The molecule has 2 aromatic rings. The number of rotatable bonds is 5. The molecule has 0 bridgehead atoms. The number of phenols is 1. The van der Waals surface area contributed by atoms with Gasteiger partial charge in [-0.25, -0.2) is 0 Å². The molecule has 4 N–H and O–H groups in total. The normalized spacial score (nSPS) is 15.4. The van der Waals surface area contributed by atoms with Gasteiger partial charge in [0.2, 0.25) is 5.91 Å². The van der Waals surface area contributed by atoms with Gasteiger partial charge in [0.1, 0.15) is 5.75 Å². The molecule has 27 heavy (non-hydrogen) atoms. The number of likely N-dealkylation sites (tertiary alicyclic amines) is 1. The lowest BCUT2D eigenvalue weighted by molar-refractivity contribution is -0.126. The number of hydrogen-bond donors (Lipinski definition) is 3. The van der Waals surface area contributed by atoms with Crippen molar-refractivity contribution in [3.63, 3.8) is 0 Å². The molecule has 1 saturated heterocycles. The maximum absolute atomic E-state index is 12.4. The second-order valence-electron chi connectivity index (χ2n) is 6.93. The van der Waals surface area contributed by atoms with Crippen molar-refractivity contribution in [2.75, 3.05) is 13.1 Å². The van der Waals surface area contributed by atoms with Gasteiger partial charge >= 0.3 is 0 Å². The van der Waals surface area contributed by atoms with Crippen LogP contribution in [0.15, 0.2) is 48.5 Å². The van der Waals surface area contributed by atoms with Gasteiger partial charge in [-0.3, -0.25) is 4.79 Å². The highest BCUT2D eigenvalue weighted by Gasteiger charge is 2.22. The Hall–Kier alpha value is -2.63. The van der Waals surface area contributed by atoms with Gasteiger partial charge in [-0.2, -0.15) is 0 Å². The lowest BCUT2D eigenvalue weighted by atomic mass is 9.88. The molecule has 1 fully saturated rings. The molecule has 142 valence electrons. The summed E-state index contributed by atoms with van der Waals surface area (Å²) in [7, 11) is 0. The Balaban J connectivity index is 1.57. The fourth-order valence-corrected chi connectivity index (χ4v) is 3.50. The fraction of sp³-hybridized carbons (Fsp3) is 0.318. The highest BCUT2D eigenvalue weighted by molar-refractivity contribution is 5.91. The van der Waals surface area contributed by atoms with Crippen molar-refractivity contribution >= 4 is 12.0 Å². The molecule has 0 atom stereocenters. The van der Waals surface area contributed by atoms with Gasteiger partial charge in [0.05, 0.1) is 6.61 Å². The Bertz CT molecular complexity index is 824. The number of hydrogen-bond acceptors (Lipinski definition) is 4. The quantitative estimate of drug-likeness (QED) is 0.710. The van der Waals surface area contributed by atoms with E-state index < -0.39 is 0 Å². The summed E-state index contributed by atoms with van der Waals surface area (Å²) in [5.41, 5.74) is 9.38. The molecule has 0 aliphatic carbocycles. The van der Waals surface area contributed by atoms with Crippen LogP contribution in [0.4, 0.5) is 0 Å². The number of aromatic hydroxyl groups is 1. The predicted octanol–water partition coefficient (Wildman–Crippen LogP) is 2.76. The first-order valence-electron chi connectivity index (χ1n) is 9.29. The molecule has 5 heteroatoms. The predicted molar refractivity (Wildman–Crippen MR) is 106 cm³/mol. The van der Waals surface area contributed by atoms with Crippen molar-refractivity contribution in [3.05, 3.63) is 70.8 Å². The van der Waals surface area contributed by atoms with Crippen LogP contribution in [-0.4, -0.2) is 34.1 Å². The molecule has 0 spiro atoms. The molecule has 1 amide bonds. The van der Waals surface area contributed by atoms with Crippen LogP contribution in [0.2, 0.25) is 0 Å². The third-order valence-corrected chi connectivity index (χ3v) is 5.16. The summed E-state index contributed by atoms with van der Waals surface area (Å²) in [4.78, 5) is 14.3. The largest absolute Gasteiger partial charge is 0.508 e. The monoisotopic (exact) mass is 366 g/mol. The van der Waals surface area contributed by atoms with Crippen molar-refractivity contribution in [1.29, 1.82) is 0 Å². The molecule has 2 aromatic carbocycles. The first-order valence-corrected chi connectivity index (χ1v) is 9.29. The third kappa shape index (κ3) is 4.76. The number of carbonyl (C=O) groups excluding carboxylic acids is 1. The molecule has 0 aromatic heterocycles. The smallest absolute Gasteiger partial charge is 0.246 e. The number of aliphatic hydroxyl groups excluding tert-OH is 1. The van der Waals surface area contributed by atoms with E-state index in [1.54, 1.807) is 30.4 Å². The summed E-state index contributed by atoms with van der Waals surface area (Å²) in [5.74, 6) is 0.481. The molecule has 3 rings (SSSR count). The van der Waals surface area contributed by atoms with Gasteiger partial charge in [0, 0.05) is 31.3 Å². The first-order chi connectivity index (χ1) is 13.1. The Morgan fingerprint density at radius 2 is 1.96 bits per heavy atom. The fourth-order valence-electron chi connectivity index (χ4n) is 3.50. The van der Waals surface area contributed by atoms with Crippen LogP contribution in [-0.2, 0) is 17.9 Å². The summed E-state index contributed by atoms with van der Waals surface area (Å²) in [6.45, 7) is 1.80. The molecule has 1 heterocycles. The van der Waals surface area contributed by atoms with E-state index in [2.05, 4.69) is 18.2 Å². The molecule has 0 unspecified atom stereocenters. The minimum absolute atomic E-state index is 0.0186. The van der Waals surface area contributed by atoms with Crippen LogP contribution in [0.5, 0.6) is 5.75 Å². The summed E-state index contributed by atoms with van der Waals surface area (Å²) in [6.07, 6.45) is 5.13. The van der Waals surface area contributed by atoms with Crippen LogP contribution >= 0.6 is 0 Å². The summed E-state index contributed by atoms with van der Waals surface area (Å²) in [5, 5.41) is 18.9. The standard InChI is InChI=1S/C22H26N2O3/c23-14-17-2-1-3-19(12-17)18-8-10-24(11-9-18)22(27)7-5-16-4-6-20(15-25)21(26)13-16/h1-7,12-13,18,25-26H,8-11,14-15,23H2/b7-5+. The Morgan fingerprint density at radius 1 is 1.19 bits per heavy atom. The van der Waals surface area contributed by atoms with Crippen LogP contribution in [0, 0.1) is 0 Å². The van der Waals surface area contributed by atoms with E-state index in [-0.39, 0.29) is 18.3 Å². The topological polar surface area (TPSA) is 86.8 Å². The zero-order valence-corrected chi connectivity index (χ0v) is 15.3. The van der Waals surface area contributed by atoms with E-state index in [1.165, 1.54) is 5.56 Å². The van der Waals surface area contributed by atoms with Gasteiger partial charge in [0.15, 0.2) is 0 Å². The number of piperidine rings is 1. The second-order valence-corrected chi connectivity index (χ2v) is 6.93. The summed E-state index contributed by atoms with van der Waals surface area (Å²) in [6, 6.07) is 13.4. The lowest BCUT2D eigenvalue weighted by Crippen LogP contribution is -2.36. The number of nitrogens with zero attached hydrogens (tertiary/aromatic N) is 1. The van der Waals surface area contributed by atoms with E-state index in [0.717, 1.165) is 37.1 Å². The maximum atomic E-state index is 12.4. The van der Waals surface area contributed by atoms with E-state index >= 15 is 0 Å². The molecular formula is C22H26N2O3.